The van der Waals surface area contributed by atoms with Crippen molar-refractivity contribution in [3.05, 3.63) is 34.3 Å². The molecule has 0 spiro atoms. The first kappa shape index (κ1) is 11.7. The van der Waals surface area contributed by atoms with Crippen molar-refractivity contribution in [2.75, 3.05) is 0 Å². The number of hydrazine groups is 1. The second kappa shape index (κ2) is 5.49. The lowest BCUT2D eigenvalue weighted by atomic mass is 9.97. The average molecular weight is 257 g/mol. The molecule has 3 heteroatoms. The highest BCUT2D eigenvalue weighted by molar-refractivity contribution is 9.10. The number of nitrogens with one attached hydrogen (secondary N) is 1. The molecule has 0 heterocycles. The fourth-order valence-corrected chi connectivity index (χ4v) is 1.83. The van der Waals surface area contributed by atoms with Crippen LogP contribution in [-0.4, -0.2) is 6.04 Å². The van der Waals surface area contributed by atoms with Crippen LogP contribution in [0.15, 0.2) is 28.7 Å². The molecular formula is C11H17BrN2. The molecule has 1 atom stereocenters. The first-order valence-electron chi connectivity index (χ1n) is 4.84. The number of hydrogen-bond acceptors (Lipinski definition) is 2. The van der Waals surface area contributed by atoms with Crippen LogP contribution in [0.4, 0.5) is 0 Å². The number of hydrogen-bond donors (Lipinski definition) is 2. The van der Waals surface area contributed by atoms with E-state index in [1.807, 2.05) is 12.1 Å². The molecule has 0 aliphatic heterocycles. The van der Waals surface area contributed by atoms with Gasteiger partial charge in [-0.3, -0.25) is 11.3 Å². The lowest BCUT2D eigenvalue weighted by Crippen LogP contribution is -2.40. The highest BCUT2D eigenvalue weighted by Crippen LogP contribution is 2.19. The summed E-state index contributed by atoms with van der Waals surface area (Å²) in [5.41, 5.74) is 4.15. The Hall–Kier alpha value is -0.380. The molecule has 1 rings (SSSR count). The van der Waals surface area contributed by atoms with E-state index in [4.69, 9.17) is 5.84 Å². The van der Waals surface area contributed by atoms with Crippen molar-refractivity contribution in [2.45, 2.75) is 26.3 Å². The summed E-state index contributed by atoms with van der Waals surface area (Å²) in [5, 5.41) is 0. The lowest BCUT2D eigenvalue weighted by Gasteiger charge is -2.20. The first-order valence-corrected chi connectivity index (χ1v) is 5.64. The molecule has 3 N–H and O–H groups in total. The van der Waals surface area contributed by atoms with Crippen molar-refractivity contribution in [2.24, 2.45) is 11.8 Å². The molecule has 0 aromatic heterocycles. The Morgan fingerprint density at radius 3 is 2.50 bits per heavy atom. The van der Waals surface area contributed by atoms with E-state index in [9.17, 15) is 0 Å². The molecule has 1 aromatic carbocycles. The summed E-state index contributed by atoms with van der Waals surface area (Å²) in [6, 6.07) is 8.58. The Labute approximate surface area is 94.0 Å². The second-order valence-corrected chi connectivity index (χ2v) is 4.67. The molecule has 0 fully saturated rings. The van der Waals surface area contributed by atoms with Gasteiger partial charge in [0.1, 0.15) is 0 Å². The zero-order valence-corrected chi connectivity index (χ0v) is 10.2. The van der Waals surface area contributed by atoms with Crippen LogP contribution in [-0.2, 0) is 6.42 Å². The topological polar surface area (TPSA) is 38.0 Å². The van der Waals surface area contributed by atoms with Crippen molar-refractivity contribution in [3.63, 3.8) is 0 Å². The number of halogens is 1. The van der Waals surface area contributed by atoms with Gasteiger partial charge in [0.05, 0.1) is 0 Å². The van der Waals surface area contributed by atoms with E-state index in [1.165, 1.54) is 5.56 Å². The summed E-state index contributed by atoms with van der Waals surface area (Å²) in [6.07, 6.45) is 0.954. The summed E-state index contributed by atoms with van der Waals surface area (Å²) in [4.78, 5) is 0. The Kier molecular flexibility index (Phi) is 4.58. The SMILES string of the molecule is CC(C)C(Cc1ccccc1Br)NN. The van der Waals surface area contributed by atoms with Crippen LogP contribution in [0.1, 0.15) is 19.4 Å². The molecule has 2 nitrogen and oxygen atoms in total. The van der Waals surface area contributed by atoms with Gasteiger partial charge in [-0.05, 0) is 24.0 Å². The number of nitrogens with two attached hydrogens (primary N) is 1. The minimum Gasteiger partial charge on any atom is -0.271 e. The lowest BCUT2D eigenvalue weighted by molar-refractivity contribution is 0.404. The fraction of sp³-hybridized carbons (Fsp3) is 0.455. The van der Waals surface area contributed by atoms with E-state index < -0.39 is 0 Å². The van der Waals surface area contributed by atoms with Gasteiger partial charge in [0.25, 0.3) is 0 Å². The smallest absolute Gasteiger partial charge is 0.0274 e. The summed E-state index contributed by atoms with van der Waals surface area (Å²) in [6.45, 7) is 4.34. The van der Waals surface area contributed by atoms with Gasteiger partial charge in [0.15, 0.2) is 0 Å². The summed E-state index contributed by atoms with van der Waals surface area (Å²) < 4.78 is 1.15. The Morgan fingerprint density at radius 1 is 1.36 bits per heavy atom. The van der Waals surface area contributed by atoms with Crippen molar-refractivity contribution in [3.8, 4) is 0 Å². The van der Waals surface area contributed by atoms with Gasteiger partial charge in [0, 0.05) is 10.5 Å². The van der Waals surface area contributed by atoms with E-state index in [0.29, 0.717) is 12.0 Å². The third-order valence-electron chi connectivity index (χ3n) is 2.42. The molecule has 0 aliphatic rings. The predicted octanol–water partition coefficient (Wildman–Crippen LogP) is 2.48. The van der Waals surface area contributed by atoms with Crippen LogP contribution in [0.3, 0.4) is 0 Å². The van der Waals surface area contributed by atoms with Gasteiger partial charge in [0.2, 0.25) is 0 Å². The Morgan fingerprint density at radius 2 is 2.00 bits per heavy atom. The van der Waals surface area contributed by atoms with Gasteiger partial charge < -0.3 is 0 Å². The van der Waals surface area contributed by atoms with E-state index in [-0.39, 0.29) is 0 Å². The zero-order valence-electron chi connectivity index (χ0n) is 8.63. The summed E-state index contributed by atoms with van der Waals surface area (Å²) >= 11 is 3.53. The van der Waals surface area contributed by atoms with Gasteiger partial charge in [-0.15, -0.1) is 0 Å². The summed E-state index contributed by atoms with van der Waals surface area (Å²) in [5.74, 6) is 6.04. The van der Waals surface area contributed by atoms with Crippen LogP contribution in [0, 0.1) is 5.92 Å². The predicted molar refractivity (Wildman–Crippen MR) is 63.8 cm³/mol. The van der Waals surface area contributed by atoms with Crippen molar-refractivity contribution in [1.29, 1.82) is 0 Å². The van der Waals surface area contributed by atoms with Crippen LogP contribution < -0.4 is 11.3 Å². The average Bonchev–Trinajstić information content (AvgIpc) is 2.16. The Balaban J connectivity index is 2.72. The van der Waals surface area contributed by atoms with Gasteiger partial charge >= 0.3 is 0 Å². The van der Waals surface area contributed by atoms with Crippen molar-refractivity contribution in [1.82, 2.24) is 5.43 Å². The number of rotatable bonds is 4. The normalized spacial score (nSPS) is 13.2. The highest BCUT2D eigenvalue weighted by atomic mass is 79.9. The molecule has 0 bridgehead atoms. The largest absolute Gasteiger partial charge is 0.271 e. The molecule has 0 amide bonds. The van der Waals surface area contributed by atoms with Gasteiger partial charge in [-0.1, -0.05) is 48.0 Å². The van der Waals surface area contributed by atoms with Crippen LogP contribution >= 0.6 is 15.9 Å². The van der Waals surface area contributed by atoms with Crippen LogP contribution in [0.25, 0.3) is 0 Å². The molecule has 78 valence electrons. The highest BCUT2D eigenvalue weighted by Gasteiger charge is 2.12. The first-order chi connectivity index (χ1) is 6.65. The molecule has 1 unspecified atom stereocenters. The number of benzene rings is 1. The minimum absolute atomic E-state index is 0.327. The second-order valence-electron chi connectivity index (χ2n) is 3.81. The molecular weight excluding hydrogens is 240 g/mol. The summed E-state index contributed by atoms with van der Waals surface area (Å²) in [7, 11) is 0. The molecule has 0 saturated heterocycles. The monoisotopic (exact) mass is 256 g/mol. The molecule has 1 aromatic rings. The minimum atomic E-state index is 0.327. The van der Waals surface area contributed by atoms with Crippen LogP contribution in [0.5, 0.6) is 0 Å². The molecule has 0 saturated carbocycles. The van der Waals surface area contributed by atoms with Crippen LogP contribution in [0.2, 0.25) is 0 Å². The third-order valence-corrected chi connectivity index (χ3v) is 3.19. The van der Waals surface area contributed by atoms with Gasteiger partial charge in [-0.25, -0.2) is 0 Å². The van der Waals surface area contributed by atoms with Crippen molar-refractivity contribution < 1.29 is 0 Å². The van der Waals surface area contributed by atoms with E-state index in [1.54, 1.807) is 0 Å². The molecule has 0 radical (unpaired) electrons. The van der Waals surface area contributed by atoms with Gasteiger partial charge in [-0.2, -0.15) is 0 Å². The molecule has 14 heavy (non-hydrogen) atoms. The third kappa shape index (κ3) is 3.08. The maximum atomic E-state index is 5.51. The standard InChI is InChI=1S/C11H17BrN2/c1-8(2)11(14-13)7-9-5-3-4-6-10(9)12/h3-6,8,11,14H,7,13H2,1-2H3. The Bertz CT molecular complexity index is 286. The maximum Gasteiger partial charge on any atom is 0.0274 e. The van der Waals surface area contributed by atoms with E-state index in [0.717, 1.165) is 10.9 Å². The van der Waals surface area contributed by atoms with Crippen molar-refractivity contribution >= 4 is 15.9 Å². The van der Waals surface area contributed by atoms with E-state index in [2.05, 4.69) is 47.3 Å². The fourth-order valence-electron chi connectivity index (χ4n) is 1.39. The van der Waals surface area contributed by atoms with E-state index >= 15 is 0 Å². The molecule has 0 aliphatic carbocycles. The zero-order chi connectivity index (χ0) is 10.6. The quantitative estimate of drug-likeness (QED) is 0.642. The maximum absolute atomic E-state index is 5.51.